The van der Waals surface area contributed by atoms with Gasteiger partial charge in [-0.15, -0.1) is 6.58 Å². The fraction of sp³-hybridized carbons (Fsp3) is 0.136. The highest BCUT2D eigenvalue weighted by atomic mass is 19.1. The van der Waals surface area contributed by atoms with E-state index in [1.165, 1.54) is 26.0 Å². The number of hydrogen-bond donors (Lipinski definition) is 0. The van der Waals surface area contributed by atoms with E-state index < -0.39 is 11.8 Å². The van der Waals surface area contributed by atoms with Gasteiger partial charge in [-0.2, -0.15) is 0 Å². The first-order valence-corrected chi connectivity index (χ1v) is 8.44. The van der Waals surface area contributed by atoms with Gasteiger partial charge in [0, 0.05) is 17.9 Å². The van der Waals surface area contributed by atoms with Crippen LogP contribution in [0.15, 0.2) is 55.1 Å². The number of nitrogens with zero attached hydrogens (tertiary/aromatic N) is 1. The molecule has 27 heavy (non-hydrogen) atoms. The van der Waals surface area contributed by atoms with Crippen molar-refractivity contribution < 1.29 is 18.7 Å². The Balaban J connectivity index is 2.50. The fourth-order valence-corrected chi connectivity index (χ4v) is 3.06. The van der Waals surface area contributed by atoms with Gasteiger partial charge < -0.3 is 4.74 Å². The van der Waals surface area contributed by atoms with E-state index in [2.05, 4.69) is 11.6 Å². The van der Waals surface area contributed by atoms with E-state index in [4.69, 9.17) is 4.74 Å². The molecule has 0 aliphatic heterocycles. The lowest BCUT2D eigenvalue weighted by molar-refractivity contribution is -0.131. The lowest BCUT2D eigenvalue weighted by atomic mass is 9.97. The predicted molar refractivity (Wildman–Crippen MR) is 102 cm³/mol. The van der Waals surface area contributed by atoms with Gasteiger partial charge in [0.25, 0.3) is 0 Å². The third kappa shape index (κ3) is 3.62. The number of halogens is 1. The van der Waals surface area contributed by atoms with Crippen LogP contribution in [0.5, 0.6) is 5.75 Å². The van der Waals surface area contributed by atoms with Gasteiger partial charge in [0.1, 0.15) is 5.82 Å². The maximum Gasteiger partial charge on any atom is 0.308 e. The molecule has 0 unspecified atom stereocenters. The summed E-state index contributed by atoms with van der Waals surface area (Å²) in [7, 11) is 0. The second-order valence-corrected chi connectivity index (χ2v) is 6.13. The average molecular weight is 363 g/mol. The molecule has 2 aromatic carbocycles. The molecule has 0 amide bonds. The van der Waals surface area contributed by atoms with E-state index in [9.17, 15) is 14.0 Å². The van der Waals surface area contributed by atoms with E-state index in [0.717, 1.165) is 0 Å². The molecule has 0 bridgehead atoms. The third-order valence-corrected chi connectivity index (χ3v) is 4.10. The first-order valence-electron chi connectivity index (χ1n) is 8.44. The van der Waals surface area contributed by atoms with Gasteiger partial charge in [0.15, 0.2) is 11.5 Å². The summed E-state index contributed by atoms with van der Waals surface area (Å²) < 4.78 is 19.6. The Bertz CT molecular complexity index is 1060. The zero-order valence-electron chi connectivity index (χ0n) is 15.1. The predicted octanol–water partition coefficient (Wildman–Crippen LogP) is 4.90. The number of pyridine rings is 1. The molecule has 0 spiro atoms. The summed E-state index contributed by atoms with van der Waals surface area (Å²) in [6.45, 7) is 6.31. The Morgan fingerprint density at radius 3 is 2.48 bits per heavy atom. The number of fused-ring (bicyclic) bond motifs is 1. The minimum absolute atomic E-state index is 0.0312. The van der Waals surface area contributed by atoms with Crippen LogP contribution in [-0.4, -0.2) is 16.7 Å². The quantitative estimate of drug-likeness (QED) is 0.368. The number of ketones is 1. The summed E-state index contributed by atoms with van der Waals surface area (Å²) in [6, 6.07) is 11.7. The van der Waals surface area contributed by atoms with Crippen LogP contribution in [0, 0.1) is 5.82 Å². The number of ether oxygens (including phenoxy) is 1. The second-order valence-electron chi connectivity index (χ2n) is 6.13. The Morgan fingerprint density at radius 1 is 1.19 bits per heavy atom. The van der Waals surface area contributed by atoms with Crippen LogP contribution in [0.2, 0.25) is 0 Å². The molecule has 3 aromatic rings. The number of benzene rings is 2. The molecule has 1 aromatic heterocycles. The van der Waals surface area contributed by atoms with Crippen molar-refractivity contribution in [1.29, 1.82) is 0 Å². The van der Waals surface area contributed by atoms with E-state index in [0.29, 0.717) is 28.8 Å². The van der Waals surface area contributed by atoms with Crippen LogP contribution in [-0.2, 0) is 11.2 Å². The van der Waals surface area contributed by atoms with E-state index in [-0.39, 0.29) is 22.5 Å². The van der Waals surface area contributed by atoms with Crippen molar-refractivity contribution in [3.8, 4) is 17.0 Å². The number of rotatable bonds is 5. The number of hydrogen-bond acceptors (Lipinski definition) is 4. The number of Topliss-reactive ketones (excluding diaryl/α,β-unsaturated/α-hetero) is 1. The van der Waals surface area contributed by atoms with Crippen LogP contribution in [0.3, 0.4) is 0 Å². The molecule has 0 atom stereocenters. The van der Waals surface area contributed by atoms with Crippen LogP contribution < -0.4 is 4.74 Å². The van der Waals surface area contributed by atoms with Gasteiger partial charge >= 0.3 is 5.97 Å². The topological polar surface area (TPSA) is 56.3 Å². The molecular weight excluding hydrogens is 345 g/mol. The van der Waals surface area contributed by atoms with E-state index >= 15 is 0 Å². The Hall–Kier alpha value is -3.34. The molecule has 5 heteroatoms. The molecular formula is C22H18FNO3. The molecule has 0 fully saturated rings. The largest absolute Gasteiger partial charge is 0.425 e. The van der Waals surface area contributed by atoms with E-state index in [1.807, 2.05) is 30.3 Å². The number of esters is 1. The normalized spacial score (nSPS) is 10.6. The minimum Gasteiger partial charge on any atom is -0.425 e. The summed E-state index contributed by atoms with van der Waals surface area (Å²) in [5.74, 6) is -1.40. The zero-order chi connectivity index (χ0) is 19.6. The van der Waals surface area contributed by atoms with Crippen molar-refractivity contribution in [3.63, 3.8) is 0 Å². The van der Waals surface area contributed by atoms with Gasteiger partial charge in [0.2, 0.25) is 0 Å². The smallest absolute Gasteiger partial charge is 0.308 e. The molecule has 0 saturated carbocycles. The lowest BCUT2D eigenvalue weighted by Crippen LogP contribution is -2.10. The first kappa shape index (κ1) is 18.5. The molecule has 136 valence electrons. The lowest BCUT2D eigenvalue weighted by Gasteiger charge is -2.16. The van der Waals surface area contributed by atoms with Crippen LogP contribution in [0.25, 0.3) is 22.2 Å². The van der Waals surface area contributed by atoms with Crippen molar-refractivity contribution in [2.24, 2.45) is 0 Å². The molecule has 4 nitrogen and oxygen atoms in total. The number of carbonyl (C=O) groups excluding carboxylic acids is 2. The molecule has 0 N–H and O–H groups in total. The van der Waals surface area contributed by atoms with Gasteiger partial charge in [-0.1, -0.05) is 36.4 Å². The summed E-state index contributed by atoms with van der Waals surface area (Å²) in [5.41, 5.74) is 2.31. The molecule has 0 aliphatic rings. The van der Waals surface area contributed by atoms with Gasteiger partial charge in [-0.05, 0) is 31.0 Å². The average Bonchev–Trinajstić information content (AvgIpc) is 2.62. The van der Waals surface area contributed by atoms with Crippen LogP contribution >= 0.6 is 0 Å². The third-order valence-electron chi connectivity index (χ3n) is 4.10. The van der Waals surface area contributed by atoms with Crippen molar-refractivity contribution in [2.45, 2.75) is 20.3 Å². The number of aromatic nitrogens is 1. The standard InChI is InChI=1S/C22H18FNO3/c1-4-8-16-11-17(23)12-18-20(16)24-21(15-9-6-5-7-10-15)19(13(2)25)22(18)27-14(3)26/h4-7,9-12H,1,8H2,2-3H3. The summed E-state index contributed by atoms with van der Waals surface area (Å²) in [4.78, 5) is 28.8. The van der Waals surface area contributed by atoms with Crippen LogP contribution in [0.4, 0.5) is 4.39 Å². The number of carbonyl (C=O) groups is 2. The highest BCUT2D eigenvalue weighted by Gasteiger charge is 2.24. The van der Waals surface area contributed by atoms with Crippen molar-refractivity contribution in [1.82, 2.24) is 4.98 Å². The fourth-order valence-electron chi connectivity index (χ4n) is 3.06. The zero-order valence-corrected chi connectivity index (χ0v) is 15.1. The SMILES string of the molecule is C=CCc1cc(F)cc2c(OC(C)=O)c(C(C)=O)c(-c3ccccc3)nc12. The summed E-state index contributed by atoms with van der Waals surface area (Å²) in [5, 5.41) is 0.284. The molecule has 0 radical (unpaired) electrons. The highest BCUT2D eigenvalue weighted by Crippen LogP contribution is 2.38. The Morgan fingerprint density at radius 2 is 1.89 bits per heavy atom. The van der Waals surface area contributed by atoms with Gasteiger partial charge in [0.05, 0.1) is 16.8 Å². The van der Waals surface area contributed by atoms with Crippen molar-refractivity contribution >= 4 is 22.7 Å². The molecule has 3 rings (SSSR count). The summed E-state index contributed by atoms with van der Waals surface area (Å²) >= 11 is 0. The first-order chi connectivity index (χ1) is 12.9. The van der Waals surface area contributed by atoms with E-state index in [1.54, 1.807) is 6.08 Å². The van der Waals surface area contributed by atoms with Gasteiger partial charge in [-0.25, -0.2) is 9.37 Å². The summed E-state index contributed by atoms with van der Waals surface area (Å²) in [6.07, 6.45) is 2.02. The van der Waals surface area contributed by atoms with Crippen LogP contribution in [0.1, 0.15) is 29.8 Å². The Kier molecular flexibility index (Phi) is 5.12. The van der Waals surface area contributed by atoms with Gasteiger partial charge in [-0.3, -0.25) is 9.59 Å². The Labute approximate surface area is 156 Å². The van der Waals surface area contributed by atoms with Crippen molar-refractivity contribution in [2.75, 3.05) is 0 Å². The minimum atomic E-state index is -0.599. The highest BCUT2D eigenvalue weighted by molar-refractivity contribution is 6.09. The monoisotopic (exact) mass is 363 g/mol. The number of allylic oxidation sites excluding steroid dienone is 1. The maximum atomic E-state index is 14.2. The second kappa shape index (κ2) is 7.50. The maximum absolute atomic E-state index is 14.2. The molecule has 0 saturated heterocycles. The molecule has 0 aliphatic carbocycles. The van der Waals surface area contributed by atoms with Crippen molar-refractivity contribution in [3.05, 3.63) is 72.1 Å². The molecule has 1 heterocycles.